The van der Waals surface area contributed by atoms with Gasteiger partial charge in [-0.25, -0.2) is 12.8 Å². The fourth-order valence-electron chi connectivity index (χ4n) is 2.18. The standard InChI is InChI=1S/C17H19FN2O4S/c1-11(2)16(17(22)19-13-8-4-5-9-14(13)21)20-25(23,24)15-10-6-3-7-12(15)18/h3-11,16,20-21H,1-2H3,(H,19,22). The number of hydrogen-bond acceptors (Lipinski definition) is 4. The fourth-order valence-corrected chi connectivity index (χ4v) is 3.60. The van der Waals surface area contributed by atoms with Crippen LogP contribution in [-0.4, -0.2) is 25.5 Å². The topological polar surface area (TPSA) is 95.5 Å². The third kappa shape index (κ3) is 4.55. The molecule has 0 saturated heterocycles. The summed E-state index contributed by atoms with van der Waals surface area (Å²) >= 11 is 0. The van der Waals surface area contributed by atoms with E-state index >= 15 is 0 Å². The Morgan fingerprint density at radius 1 is 1.08 bits per heavy atom. The minimum Gasteiger partial charge on any atom is -0.506 e. The molecule has 0 fully saturated rings. The molecule has 0 spiro atoms. The zero-order valence-electron chi connectivity index (χ0n) is 13.7. The number of rotatable bonds is 6. The van der Waals surface area contributed by atoms with Crippen LogP contribution in [0.3, 0.4) is 0 Å². The molecule has 6 nitrogen and oxygen atoms in total. The molecule has 0 saturated carbocycles. The van der Waals surface area contributed by atoms with E-state index in [4.69, 9.17) is 0 Å². The number of hydrogen-bond donors (Lipinski definition) is 3. The molecule has 2 rings (SSSR count). The Bertz CT molecular complexity index is 868. The second-order valence-corrected chi connectivity index (χ2v) is 7.46. The molecule has 2 aromatic carbocycles. The molecule has 0 radical (unpaired) electrons. The van der Waals surface area contributed by atoms with Crippen molar-refractivity contribution in [3.05, 3.63) is 54.3 Å². The zero-order chi connectivity index (χ0) is 18.6. The number of nitrogens with one attached hydrogen (secondary N) is 2. The average molecular weight is 366 g/mol. The molecule has 1 atom stereocenters. The van der Waals surface area contributed by atoms with Crippen molar-refractivity contribution in [2.75, 3.05) is 5.32 Å². The Morgan fingerprint density at radius 3 is 2.28 bits per heavy atom. The van der Waals surface area contributed by atoms with Gasteiger partial charge in [-0.1, -0.05) is 38.1 Å². The molecule has 0 heterocycles. The first-order chi connectivity index (χ1) is 11.7. The first-order valence-electron chi connectivity index (χ1n) is 7.58. The first-order valence-corrected chi connectivity index (χ1v) is 9.06. The average Bonchev–Trinajstić information content (AvgIpc) is 2.54. The highest BCUT2D eigenvalue weighted by Crippen LogP contribution is 2.22. The van der Waals surface area contributed by atoms with Gasteiger partial charge in [0, 0.05) is 0 Å². The number of carbonyl (C=O) groups excluding carboxylic acids is 1. The van der Waals surface area contributed by atoms with E-state index in [0.717, 1.165) is 12.1 Å². The number of benzene rings is 2. The molecule has 0 aliphatic carbocycles. The third-order valence-corrected chi connectivity index (χ3v) is 4.99. The lowest BCUT2D eigenvalue weighted by molar-refractivity contribution is -0.118. The first kappa shape index (κ1) is 18.9. The summed E-state index contributed by atoms with van der Waals surface area (Å²) in [7, 11) is -4.23. The van der Waals surface area contributed by atoms with Crippen molar-refractivity contribution in [3.63, 3.8) is 0 Å². The number of carbonyl (C=O) groups is 1. The van der Waals surface area contributed by atoms with Crippen LogP contribution in [0.5, 0.6) is 5.75 Å². The van der Waals surface area contributed by atoms with Gasteiger partial charge in [-0.3, -0.25) is 4.79 Å². The van der Waals surface area contributed by atoms with Gasteiger partial charge in [-0.05, 0) is 30.2 Å². The van der Waals surface area contributed by atoms with Gasteiger partial charge < -0.3 is 10.4 Å². The minimum atomic E-state index is -4.23. The Balaban J connectivity index is 2.25. The van der Waals surface area contributed by atoms with Gasteiger partial charge in [-0.15, -0.1) is 0 Å². The van der Waals surface area contributed by atoms with Crippen molar-refractivity contribution in [1.29, 1.82) is 0 Å². The van der Waals surface area contributed by atoms with Crippen molar-refractivity contribution >= 4 is 21.6 Å². The van der Waals surface area contributed by atoms with E-state index in [9.17, 15) is 22.7 Å². The fraction of sp³-hybridized carbons (Fsp3) is 0.235. The van der Waals surface area contributed by atoms with Crippen molar-refractivity contribution in [2.45, 2.75) is 24.8 Å². The minimum absolute atomic E-state index is 0.143. The number of aromatic hydroxyl groups is 1. The summed E-state index contributed by atoms with van der Waals surface area (Å²) in [6.45, 7) is 3.30. The Kier molecular flexibility index (Phi) is 5.76. The third-order valence-electron chi connectivity index (χ3n) is 3.52. The van der Waals surface area contributed by atoms with E-state index in [1.807, 2.05) is 0 Å². The second kappa shape index (κ2) is 7.62. The lowest BCUT2D eigenvalue weighted by Gasteiger charge is -2.22. The van der Waals surface area contributed by atoms with Crippen molar-refractivity contribution in [1.82, 2.24) is 4.72 Å². The van der Waals surface area contributed by atoms with Crippen molar-refractivity contribution < 1.29 is 22.7 Å². The predicted molar refractivity (Wildman–Crippen MR) is 92.1 cm³/mol. The smallest absolute Gasteiger partial charge is 0.244 e. The van der Waals surface area contributed by atoms with Gasteiger partial charge in [0.1, 0.15) is 22.5 Å². The highest BCUT2D eigenvalue weighted by molar-refractivity contribution is 7.89. The van der Waals surface area contributed by atoms with Crippen LogP contribution < -0.4 is 10.0 Å². The van der Waals surface area contributed by atoms with Gasteiger partial charge in [0.05, 0.1) is 5.69 Å². The Hall–Kier alpha value is -2.45. The molecule has 0 bridgehead atoms. The molecule has 1 unspecified atom stereocenters. The summed E-state index contributed by atoms with van der Waals surface area (Å²) in [5.74, 6) is -2.11. The largest absolute Gasteiger partial charge is 0.506 e. The van der Waals surface area contributed by atoms with Crippen LogP contribution in [0.1, 0.15) is 13.8 Å². The molecule has 0 aromatic heterocycles. The number of sulfonamides is 1. The van der Waals surface area contributed by atoms with Gasteiger partial charge in [0.25, 0.3) is 0 Å². The highest BCUT2D eigenvalue weighted by Gasteiger charge is 2.30. The monoisotopic (exact) mass is 366 g/mol. The number of anilines is 1. The zero-order valence-corrected chi connectivity index (χ0v) is 14.5. The normalized spacial score (nSPS) is 12.8. The summed E-state index contributed by atoms with van der Waals surface area (Å²) < 4.78 is 40.8. The number of amides is 1. The van der Waals surface area contributed by atoms with Crippen LogP contribution >= 0.6 is 0 Å². The van der Waals surface area contributed by atoms with Gasteiger partial charge >= 0.3 is 0 Å². The van der Waals surface area contributed by atoms with E-state index in [1.165, 1.54) is 24.3 Å². The van der Waals surface area contributed by atoms with Crippen LogP contribution in [0.2, 0.25) is 0 Å². The summed E-state index contributed by atoms with van der Waals surface area (Å²) in [5, 5.41) is 12.2. The van der Waals surface area contributed by atoms with Crippen LogP contribution in [0.15, 0.2) is 53.4 Å². The molecule has 0 aliphatic heterocycles. The Morgan fingerprint density at radius 2 is 1.68 bits per heavy atom. The number of phenols is 1. The molecule has 8 heteroatoms. The number of phenolic OH excluding ortho intramolecular Hbond substituents is 1. The van der Waals surface area contributed by atoms with E-state index in [-0.39, 0.29) is 11.4 Å². The maximum Gasteiger partial charge on any atom is 0.244 e. The van der Waals surface area contributed by atoms with Gasteiger partial charge in [0.15, 0.2) is 0 Å². The molecule has 25 heavy (non-hydrogen) atoms. The second-order valence-electron chi connectivity index (χ2n) is 5.78. The highest BCUT2D eigenvalue weighted by atomic mass is 32.2. The lowest BCUT2D eigenvalue weighted by Crippen LogP contribution is -2.47. The van der Waals surface area contributed by atoms with Gasteiger partial charge in [-0.2, -0.15) is 4.72 Å². The van der Waals surface area contributed by atoms with Crippen molar-refractivity contribution in [3.8, 4) is 5.75 Å². The molecule has 3 N–H and O–H groups in total. The van der Waals surface area contributed by atoms with E-state index in [2.05, 4.69) is 10.0 Å². The Labute approximate surface area is 145 Å². The maximum absolute atomic E-state index is 13.8. The van der Waals surface area contributed by atoms with Crippen molar-refractivity contribution in [2.24, 2.45) is 5.92 Å². The van der Waals surface area contributed by atoms with Crippen LogP contribution in [-0.2, 0) is 14.8 Å². The summed E-state index contributed by atoms with van der Waals surface area (Å²) in [4.78, 5) is 11.9. The van der Waals surface area contributed by atoms with Gasteiger partial charge in [0.2, 0.25) is 15.9 Å². The van der Waals surface area contributed by atoms with Crippen LogP contribution in [0.4, 0.5) is 10.1 Å². The number of para-hydroxylation sites is 2. The molecule has 134 valence electrons. The SMILES string of the molecule is CC(C)C(NS(=O)(=O)c1ccccc1F)C(=O)Nc1ccccc1O. The molecular weight excluding hydrogens is 347 g/mol. The quantitative estimate of drug-likeness (QED) is 0.685. The number of halogens is 1. The molecule has 0 aliphatic rings. The molecule has 1 amide bonds. The molecular formula is C17H19FN2O4S. The summed E-state index contributed by atoms with van der Waals surface area (Å²) in [6, 6.07) is 9.85. The van der Waals surface area contributed by atoms with E-state index in [0.29, 0.717) is 0 Å². The molecule has 2 aromatic rings. The van der Waals surface area contributed by atoms with Crippen LogP contribution in [0.25, 0.3) is 0 Å². The summed E-state index contributed by atoms with van der Waals surface area (Å²) in [5.41, 5.74) is 0.156. The summed E-state index contributed by atoms with van der Waals surface area (Å²) in [6.07, 6.45) is 0. The van der Waals surface area contributed by atoms with Crippen LogP contribution in [0, 0.1) is 11.7 Å². The van der Waals surface area contributed by atoms with E-state index < -0.39 is 38.6 Å². The maximum atomic E-state index is 13.8. The lowest BCUT2D eigenvalue weighted by atomic mass is 10.0. The predicted octanol–water partition coefficient (Wildman–Crippen LogP) is 2.47. The van der Waals surface area contributed by atoms with E-state index in [1.54, 1.807) is 26.0 Å².